The van der Waals surface area contributed by atoms with Crippen LogP contribution in [0.25, 0.3) is 0 Å². The second-order valence-corrected chi connectivity index (χ2v) is 3.15. The molecule has 0 aromatic carbocycles. The Hall–Kier alpha value is -2.10. The summed E-state index contributed by atoms with van der Waals surface area (Å²) in [4.78, 5) is 17.3. The second kappa shape index (κ2) is 6.40. The molecule has 1 N–H and O–H groups in total. The number of amides is 2. The van der Waals surface area contributed by atoms with Crippen LogP contribution in [0.2, 0.25) is 0 Å². The summed E-state index contributed by atoms with van der Waals surface area (Å²) in [6.45, 7) is 8.18. The van der Waals surface area contributed by atoms with Crippen molar-refractivity contribution in [3.05, 3.63) is 49.8 Å². The largest absolute Gasteiger partial charge is 0.322 e. The van der Waals surface area contributed by atoms with Crippen molar-refractivity contribution in [1.82, 2.24) is 9.88 Å². The number of pyridine rings is 1. The van der Waals surface area contributed by atoms with Gasteiger partial charge in [0, 0.05) is 19.3 Å². The fraction of sp³-hybridized carbons (Fsp3) is 0.167. The van der Waals surface area contributed by atoms with Gasteiger partial charge in [0.05, 0.1) is 11.9 Å². The van der Waals surface area contributed by atoms with Gasteiger partial charge in [-0.2, -0.15) is 0 Å². The molecular formula is C12H15N3O. The molecule has 1 heterocycles. The molecule has 4 nitrogen and oxygen atoms in total. The zero-order valence-corrected chi connectivity index (χ0v) is 9.10. The molecule has 16 heavy (non-hydrogen) atoms. The van der Waals surface area contributed by atoms with Gasteiger partial charge in [0.25, 0.3) is 0 Å². The van der Waals surface area contributed by atoms with Crippen LogP contribution in [0.15, 0.2) is 49.8 Å². The van der Waals surface area contributed by atoms with Gasteiger partial charge in [-0.05, 0) is 12.1 Å². The SMILES string of the molecule is C=CCN(CC=C)C(=O)Nc1cccnc1. The van der Waals surface area contributed by atoms with E-state index < -0.39 is 0 Å². The Balaban J connectivity index is 2.61. The molecule has 4 heteroatoms. The van der Waals surface area contributed by atoms with Crippen molar-refractivity contribution in [2.45, 2.75) is 0 Å². The average molecular weight is 217 g/mol. The molecule has 0 spiro atoms. The minimum atomic E-state index is -0.187. The third-order valence-electron chi connectivity index (χ3n) is 1.90. The molecule has 1 rings (SSSR count). The maximum Gasteiger partial charge on any atom is 0.322 e. The molecule has 0 saturated heterocycles. The van der Waals surface area contributed by atoms with Crippen LogP contribution in [0.1, 0.15) is 0 Å². The Morgan fingerprint density at radius 2 is 2.12 bits per heavy atom. The third kappa shape index (κ3) is 3.57. The van der Waals surface area contributed by atoms with Crippen molar-refractivity contribution in [1.29, 1.82) is 0 Å². The maximum atomic E-state index is 11.8. The summed E-state index contributed by atoms with van der Waals surface area (Å²) in [5.74, 6) is 0. The van der Waals surface area contributed by atoms with E-state index in [1.165, 1.54) is 0 Å². The number of carbonyl (C=O) groups excluding carboxylic acids is 1. The van der Waals surface area contributed by atoms with E-state index in [0.29, 0.717) is 18.8 Å². The minimum Gasteiger partial charge on any atom is -0.317 e. The van der Waals surface area contributed by atoms with Crippen molar-refractivity contribution in [2.75, 3.05) is 18.4 Å². The number of urea groups is 1. The summed E-state index contributed by atoms with van der Waals surface area (Å²) in [5.41, 5.74) is 0.672. The molecule has 0 fully saturated rings. The summed E-state index contributed by atoms with van der Waals surface area (Å²) in [6, 6.07) is 3.36. The molecule has 0 saturated carbocycles. The minimum absolute atomic E-state index is 0.187. The van der Waals surface area contributed by atoms with E-state index in [-0.39, 0.29) is 6.03 Å². The normalized spacial score (nSPS) is 9.25. The van der Waals surface area contributed by atoms with Crippen LogP contribution in [0.3, 0.4) is 0 Å². The molecule has 0 aliphatic rings. The summed E-state index contributed by atoms with van der Waals surface area (Å²) in [5, 5.41) is 2.74. The van der Waals surface area contributed by atoms with E-state index >= 15 is 0 Å². The number of anilines is 1. The quantitative estimate of drug-likeness (QED) is 0.769. The van der Waals surface area contributed by atoms with Crippen LogP contribution in [0, 0.1) is 0 Å². The zero-order chi connectivity index (χ0) is 11.8. The highest BCUT2D eigenvalue weighted by atomic mass is 16.2. The highest BCUT2D eigenvalue weighted by Gasteiger charge is 2.09. The molecule has 0 unspecified atom stereocenters. The van der Waals surface area contributed by atoms with Gasteiger partial charge < -0.3 is 10.2 Å². The predicted molar refractivity (Wildman–Crippen MR) is 65.2 cm³/mol. The molecule has 1 aromatic rings. The molecule has 1 aromatic heterocycles. The Morgan fingerprint density at radius 3 is 2.62 bits per heavy atom. The monoisotopic (exact) mass is 217 g/mol. The van der Waals surface area contributed by atoms with Crippen molar-refractivity contribution >= 4 is 11.7 Å². The fourth-order valence-electron chi connectivity index (χ4n) is 1.19. The molecule has 84 valence electrons. The summed E-state index contributed by atoms with van der Waals surface area (Å²) in [6.07, 6.45) is 6.59. The lowest BCUT2D eigenvalue weighted by atomic mass is 10.4. The predicted octanol–water partition coefficient (Wildman–Crippen LogP) is 2.29. The van der Waals surface area contributed by atoms with Gasteiger partial charge in [0.1, 0.15) is 0 Å². The Kier molecular flexibility index (Phi) is 4.79. The van der Waals surface area contributed by atoms with E-state index in [9.17, 15) is 4.79 Å². The number of nitrogens with one attached hydrogen (secondary N) is 1. The second-order valence-electron chi connectivity index (χ2n) is 3.15. The van der Waals surface area contributed by atoms with Crippen molar-refractivity contribution in [2.24, 2.45) is 0 Å². The lowest BCUT2D eigenvalue weighted by molar-refractivity contribution is 0.222. The summed E-state index contributed by atoms with van der Waals surface area (Å²) >= 11 is 0. The van der Waals surface area contributed by atoms with Gasteiger partial charge in [-0.3, -0.25) is 4.98 Å². The highest BCUT2D eigenvalue weighted by Crippen LogP contribution is 2.04. The van der Waals surface area contributed by atoms with E-state index in [1.807, 2.05) is 0 Å². The first kappa shape index (κ1) is 12.0. The first-order valence-corrected chi connectivity index (χ1v) is 4.95. The van der Waals surface area contributed by atoms with E-state index in [4.69, 9.17) is 0 Å². The highest BCUT2D eigenvalue weighted by molar-refractivity contribution is 5.89. The fourth-order valence-corrected chi connectivity index (χ4v) is 1.19. The lowest BCUT2D eigenvalue weighted by Gasteiger charge is -2.19. The van der Waals surface area contributed by atoms with E-state index in [0.717, 1.165) is 0 Å². The standard InChI is InChI=1S/C12H15N3O/c1-3-8-15(9-4-2)12(16)14-11-6-5-7-13-10-11/h3-7,10H,1-2,8-9H2,(H,14,16). The van der Waals surface area contributed by atoms with Crippen LogP contribution in [0.5, 0.6) is 0 Å². The number of aromatic nitrogens is 1. The summed E-state index contributed by atoms with van der Waals surface area (Å²) in [7, 11) is 0. The van der Waals surface area contributed by atoms with Gasteiger partial charge in [-0.15, -0.1) is 13.2 Å². The van der Waals surface area contributed by atoms with E-state index in [1.54, 1.807) is 41.6 Å². The van der Waals surface area contributed by atoms with Crippen LogP contribution in [-0.4, -0.2) is 29.0 Å². The van der Waals surface area contributed by atoms with Crippen LogP contribution >= 0.6 is 0 Å². The lowest BCUT2D eigenvalue weighted by Crippen LogP contribution is -2.35. The van der Waals surface area contributed by atoms with Gasteiger partial charge >= 0.3 is 6.03 Å². The number of hydrogen-bond acceptors (Lipinski definition) is 2. The van der Waals surface area contributed by atoms with Crippen molar-refractivity contribution in [3.63, 3.8) is 0 Å². The molecule has 0 atom stereocenters. The van der Waals surface area contributed by atoms with Gasteiger partial charge in [-0.1, -0.05) is 12.2 Å². The number of rotatable bonds is 5. The van der Waals surface area contributed by atoms with Gasteiger partial charge in [0.2, 0.25) is 0 Å². The topological polar surface area (TPSA) is 45.2 Å². The summed E-state index contributed by atoms with van der Waals surface area (Å²) < 4.78 is 0. The Morgan fingerprint density at radius 1 is 1.44 bits per heavy atom. The van der Waals surface area contributed by atoms with Crippen LogP contribution in [0.4, 0.5) is 10.5 Å². The van der Waals surface area contributed by atoms with E-state index in [2.05, 4.69) is 23.5 Å². The van der Waals surface area contributed by atoms with Crippen LogP contribution in [-0.2, 0) is 0 Å². The molecule has 0 aliphatic heterocycles. The molecular weight excluding hydrogens is 202 g/mol. The molecule has 0 bridgehead atoms. The first-order valence-electron chi connectivity index (χ1n) is 4.95. The zero-order valence-electron chi connectivity index (χ0n) is 9.10. The molecule has 0 radical (unpaired) electrons. The Labute approximate surface area is 95.3 Å². The number of carbonyl (C=O) groups is 1. The van der Waals surface area contributed by atoms with Gasteiger partial charge in [-0.25, -0.2) is 4.79 Å². The smallest absolute Gasteiger partial charge is 0.317 e. The Bertz CT molecular complexity index is 352. The molecule has 0 aliphatic carbocycles. The third-order valence-corrected chi connectivity index (χ3v) is 1.90. The van der Waals surface area contributed by atoms with Crippen LogP contribution < -0.4 is 5.32 Å². The van der Waals surface area contributed by atoms with Crippen molar-refractivity contribution in [3.8, 4) is 0 Å². The molecule has 2 amide bonds. The first-order chi connectivity index (χ1) is 7.77. The van der Waals surface area contributed by atoms with Gasteiger partial charge in [0.15, 0.2) is 0 Å². The maximum absolute atomic E-state index is 11.8. The average Bonchev–Trinajstić information content (AvgIpc) is 2.30. The number of nitrogens with zero attached hydrogens (tertiary/aromatic N) is 2. The number of hydrogen-bond donors (Lipinski definition) is 1. The van der Waals surface area contributed by atoms with Crippen molar-refractivity contribution < 1.29 is 4.79 Å².